The van der Waals surface area contributed by atoms with Crippen molar-refractivity contribution in [3.63, 3.8) is 0 Å². The van der Waals surface area contributed by atoms with Crippen molar-refractivity contribution in [2.24, 2.45) is 11.8 Å². The van der Waals surface area contributed by atoms with Crippen LogP contribution in [-0.4, -0.2) is 43.5 Å². The van der Waals surface area contributed by atoms with E-state index in [0.29, 0.717) is 6.42 Å². The molecule has 2 N–H and O–H groups in total. The summed E-state index contributed by atoms with van der Waals surface area (Å²) in [7, 11) is 0. The summed E-state index contributed by atoms with van der Waals surface area (Å²) in [6, 6.07) is 7.96. The minimum absolute atomic E-state index is 0.127. The van der Waals surface area contributed by atoms with Crippen LogP contribution in [0.1, 0.15) is 18.4 Å². The number of hydrogen-bond acceptors (Lipinski definition) is 3. The van der Waals surface area contributed by atoms with E-state index in [0.717, 1.165) is 30.5 Å². The fourth-order valence-electron chi connectivity index (χ4n) is 3.54. The van der Waals surface area contributed by atoms with Gasteiger partial charge >= 0.3 is 0 Å². The standard InChI is InChI=1S/C17H25N3O/c1-13-4-2-5-16(8-13)19-17(21)6-3-7-20-11-14-9-18-10-15(14)12-20/h2,4-5,8,14-15,18H,3,6-7,9-12H2,1H3,(H,19,21)/t14-,15+. The normalized spacial score (nSPS) is 25.0. The van der Waals surface area contributed by atoms with E-state index >= 15 is 0 Å². The maximum Gasteiger partial charge on any atom is 0.224 e. The van der Waals surface area contributed by atoms with Crippen molar-refractivity contribution in [1.82, 2.24) is 10.2 Å². The van der Waals surface area contributed by atoms with Crippen molar-refractivity contribution in [3.8, 4) is 0 Å². The Labute approximate surface area is 126 Å². The summed E-state index contributed by atoms with van der Waals surface area (Å²) in [5, 5.41) is 6.44. The highest BCUT2D eigenvalue weighted by molar-refractivity contribution is 5.90. The molecule has 21 heavy (non-hydrogen) atoms. The van der Waals surface area contributed by atoms with Gasteiger partial charge in [-0.25, -0.2) is 0 Å². The molecule has 0 bridgehead atoms. The third-order valence-corrected chi connectivity index (χ3v) is 4.65. The zero-order valence-corrected chi connectivity index (χ0v) is 12.8. The summed E-state index contributed by atoms with van der Waals surface area (Å²) < 4.78 is 0. The molecule has 2 fully saturated rings. The van der Waals surface area contributed by atoms with E-state index < -0.39 is 0 Å². The molecule has 2 aliphatic heterocycles. The summed E-state index contributed by atoms with van der Waals surface area (Å²) in [5.41, 5.74) is 2.08. The summed E-state index contributed by atoms with van der Waals surface area (Å²) >= 11 is 0. The Kier molecular flexibility index (Phi) is 4.56. The number of rotatable bonds is 5. The number of anilines is 1. The summed E-state index contributed by atoms with van der Waals surface area (Å²) in [4.78, 5) is 14.5. The van der Waals surface area contributed by atoms with Gasteiger partial charge in [0, 0.05) is 25.2 Å². The quantitative estimate of drug-likeness (QED) is 0.869. The zero-order valence-electron chi connectivity index (χ0n) is 12.8. The Morgan fingerprint density at radius 2 is 2.10 bits per heavy atom. The van der Waals surface area contributed by atoms with Crippen molar-refractivity contribution in [2.75, 3.05) is 38.0 Å². The molecular formula is C17H25N3O. The SMILES string of the molecule is Cc1cccc(NC(=O)CCCN2C[C@H]3CNC[C@H]3C2)c1. The third kappa shape index (κ3) is 3.83. The van der Waals surface area contributed by atoms with E-state index in [2.05, 4.69) is 15.5 Å². The van der Waals surface area contributed by atoms with Crippen LogP contribution in [0.5, 0.6) is 0 Å². The second kappa shape index (κ2) is 6.58. The third-order valence-electron chi connectivity index (χ3n) is 4.65. The Hall–Kier alpha value is -1.39. The number of nitrogens with zero attached hydrogens (tertiary/aromatic N) is 1. The largest absolute Gasteiger partial charge is 0.326 e. The van der Waals surface area contributed by atoms with E-state index in [9.17, 15) is 4.79 Å². The molecule has 2 saturated heterocycles. The molecule has 2 atom stereocenters. The fourth-order valence-corrected chi connectivity index (χ4v) is 3.54. The number of benzene rings is 1. The van der Waals surface area contributed by atoms with E-state index in [1.807, 2.05) is 31.2 Å². The fraction of sp³-hybridized carbons (Fsp3) is 0.588. The Bertz CT molecular complexity index is 491. The number of nitrogens with one attached hydrogen (secondary N) is 2. The van der Waals surface area contributed by atoms with Crippen LogP contribution < -0.4 is 10.6 Å². The van der Waals surface area contributed by atoms with Gasteiger partial charge < -0.3 is 15.5 Å². The number of carbonyl (C=O) groups excluding carboxylic acids is 1. The molecule has 2 heterocycles. The number of likely N-dealkylation sites (tertiary alicyclic amines) is 1. The number of hydrogen-bond donors (Lipinski definition) is 2. The average molecular weight is 287 g/mol. The lowest BCUT2D eigenvalue weighted by molar-refractivity contribution is -0.116. The van der Waals surface area contributed by atoms with Gasteiger partial charge in [0.1, 0.15) is 0 Å². The van der Waals surface area contributed by atoms with Gasteiger partial charge in [0.25, 0.3) is 0 Å². The van der Waals surface area contributed by atoms with Crippen LogP contribution in [0.25, 0.3) is 0 Å². The molecule has 0 aromatic heterocycles. The van der Waals surface area contributed by atoms with Crippen molar-refractivity contribution in [3.05, 3.63) is 29.8 Å². The van der Waals surface area contributed by atoms with E-state index in [4.69, 9.17) is 0 Å². The molecule has 1 amide bonds. The van der Waals surface area contributed by atoms with Gasteiger partial charge in [-0.15, -0.1) is 0 Å². The van der Waals surface area contributed by atoms with Crippen molar-refractivity contribution < 1.29 is 4.79 Å². The predicted molar refractivity (Wildman–Crippen MR) is 85.3 cm³/mol. The first-order valence-electron chi connectivity index (χ1n) is 8.00. The van der Waals surface area contributed by atoms with Crippen molar-refractivity contribution in [2.45, 2.75) is 19.8 Å². The first-order chi connectivity index (χ1) is 10.2. The molecule has 2 aliphatic rings. The van der Waals surface area contributed by atoms with Crippen LogP contribution in [0.4, 0.5) is 5.69 Å². The van der Waals surface area contributed by atoms with Crippen LogP contribution in [0.3, 0.4) is 0 Å². The maximum absolute atomic E-state index is 12.0. The monoisotopic (exact) mass is 287 g/mol. The molecule has 0 saturated carbocycles. The lowest BCUT2D eigenvalue weighted by Crippen LogP contribution is -2.27. The number of fused-ring (bicyclic) bond motifs is 1. The summed E-state index contributed by atoms with van der Waals surface area (Å²) in [5.74, 6) is 1.80. The summed E-state index contributed by atoms with van der Waals surface area (Å²) in [6.07, 6.45) is 1.56. The second-order valence-electron chi connectivity index (χ2n) is 6.46. The minimum Gasteiger partial charge on any atom is -0.326 e. The molecule has 1 aromatic rings. The molecule has 0 unspecified atom stereocenters. The molecule has 0 spiro atoms. The van der Waals surface area contributed by atoms with Crippen LogP contribution in [0, 0.1) is 18.8 Å². The highest BCUT2D eigenvalue weighted by Gasteiger charge is 2.35. The molecule has 0 radical (unpaired) electrons. The average Bonchev–Trinajstić information content (AvgIpc) is 2.99. The van der Waals surface area contributed by atoms with Crippen molar-refractivity contribution >= 4 is 11.6 Å². The summed E-state index contributed by atoms with van der Waals surface area (Å²) in [6.45, 7) is 7.85. The number of amides is 1. The Balaban J connectivity index is 1.36. The second-order valence-corrected chi connectivity index (χ2v) is 6.46. The maximum atomic E-state index is 12.0. The number of aryl methyl sites for hydroxylation is 1. The van der Waals surface area contributed by atoms with Gasteiger partial charge in [0.15, 0.2) is 0 Å². The van der Waals surface area contributed by atoms with Gasteiger partial charge in [0.2, 0.25) is 5.91 Å². The van der Waals surface area contributed by atoms with Crippen LogP contribution in [-0.2, 0) is 4.79 Å². The molecule has 3 rings (SSSR count). The minimum atomic E-state index is 0.127. The Morgan fingerprint density at radius 3 is 2.81 bits per heavy atom. The van der Waals surface area contributed by atoms with Gasteiger partial charge in [-0.3, -0.25) is 4.79 Å². The highest BCUT2D eigenvalue weighted by Crippen LogP contribution is 2.26. The zero-order chi connectivity index (χ0) is 14.7. The Morgan fingerprint density at radius 1 is 1.33 bits per heavy atom. The lowest BCUT2D eigenvalue weighted by atomic mass is 10.0. The van der Waals surface area contributed by atoms with E-state index in [1.165, 1.54) is 31.7 Å². The molecule has 0 aliphatic carbocycles. The topological polar surface area (TPSA) is 44.4 Å². The van der Waals surface area contributed by atoms with Gasteiger partial charge in [-0.05, 0) is 62.5 Å². The predicted octanol–water partition coefficient (Wildman–Crippen LogP) is 1.86. The molecule has 1 aromatic carbocycles. The highest BCUT2D eigenvalue weighted by atomic mass is 16.1. The number of carbonyl (C=O) groups is 1. The molecule has 114 valence electrons. The first kappa shape index (κ1) is 14.5. The van der Waals surface area contributed by atoms with Gasteiger partial charge in [-0.2, -0.15) is 0 Å². The van der Waals surface area contributed by atoms with Crippen LogP contribution in [0.15, 0.2) is 24.3 Å². The van der Waals surface area contributed by atoms with E-state index in [1.54, 1.807) is 0 Å². The lowest BCUT2D eigenvalue weighted by Gasteiger charge is -2.16. The molecule has 4 nitrogen and oxygen atoms in total. The molecular weight excluding hydrogens is 262 g/mol. The van der Waals surface area contributed by atoms with Gasteiger partial charge in [-0.1, -0.05) is 12.1 Å². The van der Waals surface area contributed by atoms with Crippen LogP contribution >= 0.6 is 0 Å². The van der Waals surface area contributed by atoms with Crippen molar-refractivity contribution in [1.29, 1.82) is 0 Å². The smallest absolute Gasteiger partial charge is 0.224 e. The van der Waals surface area contributed by atoms with E-state index in [-0.39, 0.29) is 5.91 Å². The van der Waals surface area contributed by atoms with Gasteiger partial charge in [0.05, 0.1) is 0 Å². The van der Waals surface area contributed by atoms with Crippen LogP contribution in [0.2, 0.25) is 0 Å². The first-order valence-corrected chi connectivity index (χ1v) is 8.00. The molecule has 4 heteroatoms.